The summed E-state index contributed by atoms with van der Waals surface area (Å²) in [6.07, 6.45) is 1.43. The highest BCUT2D eigenvalue weighted by Crippen LogP contribution is 2.39. The first-order valence-corrected chi connectivity index (χ1v) is 12.7. The molecular formula is C25H21ClF2N2O3S. The third-order valence-corrected chi connectivity index (χ3v) is 7.88. The smallest absolute Gasteiger partial charge is 0.241 e. The average Bonchev–Trinajstić information content (AvgIpc) is 3.33. The van der Waals surface area contributed by atoms with Gasteiger partial charge >= 0.3 is 0 Å². The molecule has 0 spiro atoms. The number of anilines is 1. The van der Waals surface area contributed by atoms with Crippen molar-refractivity contribution in [2.24, 2.45) is 11.1 Å². The van der Waals surface area contributed by atoms with Gasteiger partial charge in [-0.25, -0.2) is 22.3 Å². The van der Waals surface area contributed by atoms with Crippen LogP contribution in [0.1, 0.15) is 23.6 Å². The molecule has 2 unspecified atom stereocenters. The number of primary sulfonamides is 1. The Morgan fingerprint density at radius 3 is 2.47 bits per heavy atom. The van der Waals surface area contributed by atoms with Crippen molar-refractivity contribution in [3.05, 3.63) is 81.9 Å². The summed E-state index contributed by atoms with van der Waals surface area (Å²) in [5.41, 5.74) is 4.30. The predicted molar refractivity (Wildman–Crippen MR) is 126 cm³/mol. The molecule has 2 aliphatic rings. The Labute approximate surface area is 201 Å². The largest absolute Gasteiger partial charge is 0.309 e. The molecule has 34 heavy (non-hydrogen) atoms. The molecule has 0 saturated carbocycles. The molecule has 5 nitrogen and oxygen atoms in total. The van der Waals surface area contributed by atoms with E-state index in [0.29, 0.717) is 41.1 Å². The summed E-state index contributed by atoms with van der Waals surface area (Å²) in [5.74, 6) is -1.81. The van der Waals surface area contributed by atoms with Gasteiger partial charge in [-0.3, -0.25) is 4.79 Å². The normalized spacial score (nSPS) is 19.3. The molecule has 9 heteroatoms. The SMILES string of the molecule is CC1Cc2cc(F)c(S(N)(=O)=O)cc2N1C(=O)C1Cc2ccc(-c3cc(F)ccc3Cl)cc2C1. The Morgan fingerprint density at radius 2 is 1.74 bits per heavy atom. The topological polar surface area (TPSA) is 80.5 Å². The highest BCUT2D eigenvalue weighted by atomic mass is 35.5. The zero-order chi connectivity index (χ0) is 24.4. The number of hydrogen-bond donors (Lipinski definition) is 1. The molecule has 0 saturated heterocycles. The summed E-state index contributed by atoms with van der Waals surface area (Å²) < 4.78 is 51.7. The van der Waals surface area contributed by atoms with E-state index in [9.17, 15) is 22.0 Å². The van der Waals surface area contributed by atoms with E-state index in [1.54, 1.807) is 4.90 Å². The van der Waals surface area contributed by atoms with Gasteiger partial charge < -0.3 is 4.90 Å². The van der Waals surface area contributed by atoms with Gasteiger partial charge in [0.25, 0.3) is 0 Å². The summed E-state index contributed by atoms with van der Waals surface area (Å²) in [4.78, 5) is 14.5. The Kier molecular flexibility index (Phi) is 5.50. The van der Waals surface area contributed by atoms with Crippen molar-refractivity contribution in [3.63, 3.8) is 0 Å². The molecule has 2 N–H and O–H groups in total. The molecule has 5 rings (SSSR count). The van der Waals surface area contributed by atoms with E-state index in [1.165, 1.54) is 18.2 Å². The van der Waals surface area contributed by atoms with E-state index in [0.717, 1.165) is 28.8 Å². The number of fused-ring (bicyclic) bond motifs is 2. The fraction of sp³-hybridized carbons (Fsp3) is 0.240. The minimum atomic E-state index is -4.27. The van der Waals surface area contributed by atoms with Crippen molar-refractivity contribution in [1.29, 1.82) is 0 Å². The first-order valence-electron chi connectivity index (χ1n) is 10.8. The van der Waals surface area contributed by atoms with Crippen LogP contribution in [0.2, 0.25) is 5.02 Å². The molecule has 3 aromatic rings. The first-order chi connectivity index (χ1) is 16.0. The minimum Gasteiger partial charge on any atom is -0.309 e. The van der Waals surface area contributed by atoms with Crippen molar-refractivity contribution in [2.75, 3.05) is 4.90 Å². The zero-order valence-corrected chi connectivity index (χ0v) is 19.8. The van der Waals surface area contributed by atoms with Crippen molar-refractivity contribution in [3.8, 4) is 11.1 Å². The lowest BCUT2D eigenvalue weighted by atomic mass is 10.0. The summed E-state index contributed by atoms with van der Waals surface area (Å²) in [6.45, 7) is 1.85. The maximum absolute atomic E-state index is 14.3. The Balaban J connectivity index is 1.45. The van der Waals surface area contributed by atoms with Gasteiger partial charge in [-0.1, -0.05) is 29.8 Å². The van der Waals surface area contributed by atoms with Crippen LogP contribution in [-0.2, 0) is 34.1 Å². The molecular weight excluding hydrogens is 482 g/mol. The van der Waals surface area contributed by atoms with Gasteiger partial charge in [-0.2, -0.15) is 0 Å². The molecule has 176 valence electrons. The number of benzene rings is 3. The second-order valence-electron chi connectivity index (χ2n) is 8.93. The molecule has 0 fully saturated rings. The van der Waals surface area contributed by atoms with Crippen LogP contribution in [0, 0.1) is 17.6 Å². The number of amides is 1. The molecule has 1 aliphatic carbocycles. The predicted octanol–water partition coefficient (Wildman–Crippen LogP) is 4.63. The number of sulfonamides is 1. The van der Waals surface area contributed by atoms with Crippen LogP contribution in [0.25, 0.3) is 11.1 Å². The Bertz CT molecular complexity index is 1460. The molecule has 0 bridgehead atoms. The van der Waals surface area contributed by atoms with Crippen LogP contribution in [0.5, 0.6) is 0 Å². The van der Waals surface area contributed by atoms with Gasteiger partial charge in [-0.05, 0) is 78.8 Å². The maximum atomic E-state index is 14.3. The molecule has 0 aromatic heterocycles. The lowest BCUT2D eigenvalue weighted by molar-refractivity contribution is -0.122. The molecule has 2 atom stereocenters. The second kappa shape index (κ2) is 8.15. The van der Waals surface area contributed by atoms with Gasteiger partial charge in [0.15, 0.2) is 0 Å². The number of carbonyl (C=O) groups excluding carboxylic acids is 1. The summed E-state index contributed by atoms with van der Waals surface area (Å²) in [6, 6.07) is 12.0. The van der Waals surface area contributed by atoms with Gasteiger partial charge in [0.05, 0.1) is 0 Å². The van der Waals surface area contributed by atoms with E-state index >= 15 is 0 Å². The van der Waals surface area contributed by atoms with Crippen LogP contribution in [0.4, 0.5) is 14.5 Å². The highest BCUT2D eigenvalue weighted by molar-refractivity contribution is 7.89. The van der Waals surface area contributed by atoms with Crippen molar-refractivity contribution >= 4 is 33.2 Å². The number of carbonyl (C=O) groups is 1. The number of hydrogen-bond acceptors (Lipinski definition) is 3. The van der Waals surface area contributed by atoms with Crippen LogP contribution >= 0.6 is 11.6 Å². The van der Waals surface area contributed by atoms with Gasteiger partial charge in [0.1, 0.15) is 16.5 Å². The summed E-state index contributed by atoms with van der Waals surface area (Å²) in [5, 5.41) is 5.60. The summed E-state index contributed by atoms with van der Waals surface area (Å²) in [7, 11) is -4.27. The molecule has 1 amide bonds. The highest BCUT2D eigenvalue weighted by Gasteiger charge is 2.38. The lowest BCUT2D eigenvalue weighted by Crippen LogP contribution is -2.40. The van der Waals surface area contributed by atoms with Crippen LogP contribution in [-0.4, -0.2) is 20.4 Å². The second-order valence-corrected chi connectivity index (χ2v) is 10.9. The van der Waals surface area contributed by atoms with E-state index in [4.69, 9.17) is 16.7 Å². The van der Waals surface area contributed by atoms with Crippen LogP contribution in [0.3, 0.4) is 0 Å². The zero-order valence-electron chi connectivity index (χ0n) is 18.2. The first kappa shape index (κ1) is 23.0. The molecule has 3 aromatic carbocycles. The van der Waals surface area contributed by atoms with Crippen molar-refractivity contribution in [2.45, 2.75) is 37.1 Å². The number of nitrogens with two attached hydrogens (primary N) is 1. The number of halogens is 3. The Hall–Kier alpha value is -2.81. The Morgan fingerprint density at radius 1 is 1.00 bits per heavy atom. The fourth-order valence-electron chi connectivity index (χ4n) is 5.05. The lowest BCUT2D eigenvalue weighted by Gasteiger charge is -2.26. The third kappa shape index (κ3) is 3.89. The monoisotopic (exact) mass is 502 g/mol. The van der Waals surface area contributed by atoms with E-state index in [-0.39, 0.29) is 23.7 Å². The van der Waals surface area contributed by atoms with Gasteiger partial charge in [-0.15, -0.1) is 0 Å². The molecule has 1 heterocycles. The van der Waals surface area contributed by atoms with E-state index in [2.05, 4.69) is 0 Å². The van der Waals surface area contributed by atoms with E-state index in [1.807, 2.05) is 25.1 Å². The van der Waals surface area contributed by atoms with Gasteiger partial charge in [0.2, 0.25) is 15.9 Å². The van der Waals surface area contributed by atoms with Crippen molar-refractivity contribution in [1.82, 2.24) is 0 Å². The third-order valence-electron chi connectivity index (χ3n) is 6.62. The van der Waals surface area contributed by atoms with Crippen LogP contribution < -0.4 is 10.0 Å². The maximum Gasteiger partial charge on any atom is 0.241 e. The standard InChI is InChI=1S/C25H21ClF2N2O3S/c1-13-6-17-10-22(28)24(34(29,32)33)12-23(17)30(13)25(31)18-7-14-2-3-15(8-16(14)9-18)20-11-19(27)4-5-21(20)26/h2-5,8,10-13,18H,6-7,9H2,1H3,(H2,29,32,33). The van der Waals surface area contributed by atoms with Gasteiger partial charge in [0, 0.05) is 28.2 Å². The molecule has 1 aliphatic heterocycles. The van der Waals surface area contributed by atoms with Crippen LogP contribution in [0.15, 0.2) is 53.4 Å². The van der Waals surface area contributed by atoms with E-state index < -0.39 is 20.7 Å². The number of nitrogens with zero attached hydrogens (tertiary/aromatic N) is 1. The minimum absolute atomic E-state index is 0.153. The fourth-order valence-corrected chi connectivity index (χ4v) is 5.88. The quantitative estimate of drug-likeness (QED) is 0.567. The van der Waals surface area contributed by atoms with Crippen molar-refractivity contribution < 1.29 is 22.0 Å². The number of rotatable bonds is 3. The average molecular weight is 503 g/mol. The summed E-state index contributed by atoms with van der Waals surface area (Å²) >= 11 is 6.26. The molecule has 0 radical (unpaired) electrons.